The van der Waals surface area contributed by atoms with E-state index in [1.807, 2.05) is 6.92 Å². The van der Waals surface area contributed by atoms with E-state index < -0.39 is 5.60 Å². The van der Waals surface area contributed by atoms with Gasteiger partial charge >= 0.3 is 0 Å². The minimum Gasteiger partial charge on any atom is -0.385 e. The van der Waals surface area contributed by atoms with Crippen LogP contribution < -0.4 is 0 Å². The molecule has 4 atom stereocenters. The molecule has 0 bridgehead atoms. The van der Waals surface area contributed by atoms with E-state index in [4.69, 9.17) is 0 Å². The van der Waals surface area contributed by atoms with Gasteiger partial charge < -0.3 is 5.11 Å². The molecule has 1 saturated carbocycles. The van der Waals surface area contributed by atoms with Crippen molar-refractivity contribution >= 4 is 0 Å². The van der Waals surface area contributed by atoms with Gasteiger partial charge in [-0.1, -0.05) is 32.4 Å². The monoisotopic (exact) mass is 250 g/mol. The molecule has 2 rings (SSSR count). The molecule has 4 unspecified atom stereocenters. The Balaban J connectivity index is 2.17. The van der Waals surface area contributed by atoms with E-state index in [1.165, 1.54) is 18.6 Å². The van der Waals surface area contributed by atoms with Crippen molar-refractivity contribution < 1.29 is 9.50 Å². The summed E-state index contributed by atoms with van der Waals surface area (Å²) in [6.07, 6.45) is 3.27. The summed E-state index contributed by atoms with van der Waals surface area (Å²) in [6, 6.07) is 6.27. The Hall–Kier alpha value is -0.890. The fourth-order valence-electron chi connectivity index (χ4n) is 3.08. The SMILES string of the molecule is CC1CCC(C(C)(O)c2ccc(F)cc2)CC1C. The average Bonchev–Trinajstić information content (AvgIpc) is 2.33. The summed E-state index contributed by atoms with van der Waals surface area (Å²) >= 11 is 0. The van der Waals surface area contributed by atoms with Gasteiger partial charge in [0.2, 0.25) is 0 Å². The fourth-order valence-corrected chi connectivity index (χ4v) is 3.08. The molecule has 1 aliphatic rings. The molecule has 1 N–H and O–H groups in total. The minimum atomic E-state index is -0.845. The average molecular weight is 250 g/mol. The molecule has 1 aliphatic carbocycles. The van der Waals surface area contributed by atoms with Gasteiger partial charge in [0.15, 0.2) is 0 Å². The first-order chi connectivity index (χ1) is 8.41. The molecule has 0 saturated heterocycles. The van der Waals surface area contributed by atoms with Crippen LogP contribution in [-0.2, 0) is 5.60 Å². The van der Waals surface area contributed by atoms with Gasteiger partial charge in [-0.3, -0.25) is 0 Å². The predicted octanol–water partition coefficient (Wildman–Crippen LogP) is 4.11. The van der Waals surface area contributed by atoms with Crippen molar-refractivity contribution in [1.29, 1.82) is 0 Å². The summed E-state index contributed by atoms with van der Waals surface area (Å²) in [5.74, 6) is 1.41. The van der Waals surface area contributed by atoms with E-state index in [0.29, 0.717) is 5.92 Å². The first-order valence-electron chi connectivity index (χ1n) is 6.89. The minimum absolute atomic E-state index is 0.250. The normalized spacial score (nSPS) is 31.9. The Morgan fingerprint density at radius 2 is 1.72 bits per heavy atom. The highest BCUT2D eigenvalue weighted by atomic mass is 19.1. The van der Waals surface area contributed by atoms with Gasteiger partial charge in [-0.2, -0.15) is 0 Å². The molecule has 0 aromatic heterocycles. The van der Waals surface area contributed by atoms with Crippen LogP contribution in [0.3, 0.4) is 0 Å². The lowest BCUT2D eigenvalue weighted by Gasteiger charge is -2.40. The van der Waals surface area contributed by atoms with E-state index in [9.17, 15) is 9.50 Å². The van der Waals surface area contributed by atoms with Gasteiger partial charge in [-0.05, 0) is 55.2 Å². The molecule has 1 nitrogen and oxygen atoms in total. The van der Waals surface area contributed by atoms with Crippen LogP contribution in [0, 0.1) is 23.6 Å². The summed E-state index contributed by atoms with van der Waals surface area (Å²) in [5, 5.41) is 10.8. The van der Waals surface area contributed by atoms with Gasteiger partial charge in [0.25, 0.3) is 0 Å². The van der Waals surface area contributed by atoms with Crippen LogP contribution >= 0.6 is 0 Å². The van der Waals surface area contributed by atoms with Crippen LogP contribution in [0.1, 0.15) is 45.6 Å². The zero-order valence-electron chi connectivity index (χ0n) is 11.5. The molecule has 1 fully saturated rings. The fraction of sp³-hybridized carbons (Fsp3) is 0.625. The lowest BCUT2D eigenvalue weighted by atomic mass is 9.68. The van der Waals surface area contributed by atoms with Crippen LogP contribution in [0.5, 0.6) is 0 Å². The number of hydrogen-bond donors (Lipinski definition) is 1. The van der Waals surface area contributed by atoms with Crippen molar-refractivity contribution in [3.8, 4) is 0 Å². The van der Waals surface area contributed by atoms with Crippen LogP contribution in [0.2, 0.25) is 0 Å². The zero-order chi connectivity index (χ0) is 13.3. The van der Waals surface area contributed by atoms with Crippen LogP contribution in [0.15, 0.2) is 24.3 Å². The summed E-state index contributed by atoms with van der Waals surface area (Å²) in [7, 11) is 0. The Bertz CT molecular complexity index is 396. The third kappa shape index (κ3) is 2.59. The molecule has 0 spiro atoms. The van der Waals surface area contributed by atoms with E-state index in [2.05, 4.69) is 13.8 Å². The van der Waals surface area contributed by atoms with Crippen LogP contribution in [0.25, 0.3) is 0 Å². The summed E-state index contributed by atoms with van der Waals surface area (Å²) in [6.45, 7) is 6.42. The highest BCUT2D eigenvalue weighted by molar-refractivity contribution is 5.23. The van der Waals surface area contributed by atoms with Crippen molar-refractivity contribution in [3.05, 3.63) is 35.6 Å². The second-order valence-corrected chi connectivity index (χ2v) is 6.12. The second-order valence-electron chi connectivity index (χ2n) is 6.12. The Morgan fingerprint density at radius 3 is 2.28 bits per heavy atom. The molecule has 1 aromatic carbocycles. The Labute approximate surface area is 109 Å². The number of halogens is 1. The molecule has 0 heterocycles. The highest BCUT2D eigenvalue weighted by Crippen LogP contribution is 2.43. The number of rotatable bonds is 2. The topological polar surface area (TPSA) is 20.2 Å². The van der Waals surface area contributed by atoms with Gasteiger partial charge in [-0.25, -0.2) is 4.39 Å². The van der Waals surface area contributed by atoms with Crippen molar-refractivity contribution in [3.63, 3.8) is 0 Å². The molecule has 0 aliphatic heterocycles. The molecule has 18 heavy (non-hydrogen) atoms. The molecular weight excluding hydrogens is 227 g/mol. The van der Waals surface area contributed by atoms with E-state index >= 15 is 0 Å². The second kappa shape index (κ2) is 5.00. The van der Waals surface area contributed by atoms with Crippen LogP contribution in [-0.4, -0.2) is 5.11 Å². The summed E-state index contributed by atoms with van der Waals surface area (Å²) in [5.41, 5.74) is -0.0158. The first-order valence-corrected chi connectivity index (χ1v) is 6.89. The molecular formula is C16H23FO. The summed E-state index contributed by atoms with van der Waals surface area (Å²) in [4.78, 5) is 0. The Kier molecular flexibility index (Phi) is 3.76. The van der Waals surface area contributed by atoms with Gasteiger partial charge in [0, 0.05) is 0 Å². The van der Waals surface area contributed by atoms with E-state index in [1.54, 1.807) is 12.1 Å². The molecule has 2 heteroatoms. The third-order valence-electron chi connectivity index (χ3n) is 4.82. The van der Waals surface area contributed by atoms with E-state index in [0.717, 1.165) is 24.3 Å². The van der Waals surface area contributed by atoms with E-state index in [-0.39, 0.29) is 11.7 Å². The standard InChI is InChI=1S/C16H23FO/c1-11-4-5-14(10-12(11)2)16(3,18)13-6-8-15(17)9-7-13/h6-9,11-12,14,18H,4-5,10H2,1-3H3. The predicted molar refractivity (Wildman–Crippen MR) is 71.6 cm³/mol. The van der Waals surface area contributed by atoms with Gasteiger partial charge in [0.05, 0.1) is 5.60 Å². The van der Waals surface area contributed by atoms with Gasteiger partial charge in [-0.15, -0.1) is 0 Å². The maximum absolute atomic E-state index is 12.9. The van der Waals surface area contributed by atoms with Crippen molar-refractivity contribution in [2.24, 2.45) is 17.8 Å². The zero-order valence-corrected chi connectivity index (χ0v) is 11.5. The van der Waals surface area contributed by atoms with Gasteiger partial charge in [0.1, 0.15) is 5.82 Å². The third-order valence-corrected chi connectivity index (χ3v) is 4.82. The molecule has 0 amide bonds. The first kappa shape index (κ1) is 13.5. The number of hydrogen-bond acceptors (Lipinski definition) is 1. The maximum Gasteiger partial charge on any atom is 0.123 e. The highest BCUT2D eigenvalue weighted by Gasteiger charge is 2.37. The van der Waals surface area contributed by atoms with Crippen molar-refractivity contribution in [2.45, 2.75) is 45.6 Å². The maximum atomic E-state index is 12.9. The molecule has 100 valence electrons. The Morgan fingerprint density at radius 1 is 1.11 bits per heavy atom. The largest absolute Gasteiger partial charge is 0.385 e. The van der Waals surface area contributed by atoms with Crippen LogP contribution in [0.4, 0.5) is 4.39 Å². The molecule has 1 aromatic rings. The molecule has 0 radical (unpaired) electrons. The number of benzene rings is 1. The quantitative estimate of drug-likeness (QED) is 0.837. The lowest BCUT2D eigenvalue weighted by molar-refractivity contribution is -0.0371. The number of aliphatic hydroxyl groups is 1. The summed E-state index contributed by atoms with van der Waals surface area (Å²) < 4.78 is 12.9. The van der Waals surface area contributed by atoms with Crippen molar-refractivity contribution in [2.75, 3.05) is 0 Å². The van der Waals surface area contributed by atoms with Crippen molar-refractivity contribution in [1.82, 2.24) is 0 Å². The lowest BCUT2D eigenvalue weighted by Crippen LogP contribution is -2.36. The smallest absolute Gasteiger partial charge is 0.123 e.